The van der Waals surface area contributed by atoms with E-state index >= 15 is 0 Å². The number of rotatable bonds is 4. The molecule has 0 aromatic carbocycles. The van der Waals surface area contributed by atoms with Crippen molar-refractivity contribution in [3.63, 3.8) is 0 Å². The molecule has 1 aromatic rings. The number of hydrogen-bond acceptors (Lipinski definition) is 6. The second kappa shape index (κ2) is 5.55. The Bertz CT molecular complexity index is 677. The van der Waals surface area contributed by atoms with Crippen molar-refractivity contribution in [1.29, 1.82) is 0 Å². The summed E-state index contributed by atoms with van der Waals surface area (Å²) in [4.78, 5) is 11.8. The second-order valence-electron chi connectivity index (χ2n) is 3.23. The SMILES string of the molecule is O=[N+]([O-])c1c(S(=O)(=O)Cl)ncc(OC(F)(F)F)c1C(F)F. The number of aromatic nitrogens is 1. The Kier molecular flexibility index (Phi) is 4.57. The molecule has 0 fully saturated rings. The summed E-state index contributed by atoms with van der Waals surface area (Å²) in [5.74, 6) is -1.70. The van der Waals surface area contributed by atoms with Crippen LogP contribution in [0.4, 0.5) is 27.6 Å². The van der Waals surface area contributed by atoms with Gasteiger partial charge in [-0.2, -0.15) is 0 Å². The third kappa shape index (κ3) is 4.10. The first kappa shape index (κ1) is 17.3. The molecule has 0 spiro atoms. The lowest BCUT2D eigenvalue weighted by Crippen LogP contribution is -2.19. The fourth-order valence-corrected chi connectivity index (χ4v) is 2.18. The fraction of sp³-hybridized carbons (Fsp3) is 0.286. The molecule has 0 radical (unpaired) electrons. The fourth-order valence-electron chi connectivity index (χ4n) is 1.25. The lowest BCUT2D eigenvalue weighted by Gasteiger charge is -2.13. The summed E-state index contributed by atoms with van der Waals surface area (Å²) in [6.07, 6.45) is -9.33. The highest BCUT2D eigenvalue weighted by Gasteiger charge is 2.40. The molecular weight excluding hydrogens is 355 g/mol. The monoisotopic (exact) mass is 356 g/mol. The first-order valence-electron chi connectivity index (χ1n) is 4.50. The van der Waals surface area contributed by atoms with E-state index in [1.165, 1.54) is 0 Å². The molecule has 0 bridgehead atoms. The van der Waals surface area contributed by atoms with Crippen molar-refractivity contribution in [2.45, 2.75) is 17.8 Å². The van der Waals surface area contributed by atoms with Gasteiger partial charge in [-0.25, -0.2) is 22.2 Å². The Balaban J connectivity index is 3.74. The summed E-state index contributed by atoms with van der Waals surface area (Å²) >= 11 is 0. The minimum atomic E-state index is -5.44. The summed E-state index contributed by atoms with van der Waals surface area (Å²) in [7, 11) is -0.178. The molecule has 0 unspecified atom stereocenters. The molecular formula is C7H2ClF5N2O5S. The van der Waals surface area contributed by atoms with Crippen LogP contribution in [0.15, 0.2) is 11.2 Å². The van der Waals surface area contributed by atoms with Crippen LogP contribution in [0.1, 0.15) is 12.0 Å². The van der Waals surface area contributed by atoms with Crippen molar-refractivity contribution < 1.29 is 40.0 Å². The Morgan fingerprint density at radius 2 is 1.90 bits per heavy atom. The van der Waals surface area contributed by atoms with Crippen LogP contribution in [0, 0.1) is 10.1 Å². The molecule has 0 atom stereocenters. The van der Waals surface area contributed by atoms with Gasteiger partial charge in [-0.1, -0.05) is 0 Å². The van der Waals surface area contributed by atoms with Crippen molar-refractivity contribution in [3.05, 3.63) is 21.9 Å². The van der Waals surface area contributed by atoms with Crippen LogP contribution in [-0.2, 0) is 9.05 Å². The average Bonchev–Trinajstić information content (AvgIpc) is 2.23. The van der Waals surface area contributed by atoms with Crippen LogP contribution >= 0.6 is 10.7 Å². The molecule has 0 N–H and O–H groups in total. The number of halogens is 6. The van der Waals surface area contributed by atoms with Gasteiger partial charge >= 0.3 is 12.0 Å². The third-order valence-corrected chi connectivity index (χ3v) is 3.08. The Hall–Kier alpha value is -1.76. The average molecular weight is 357 g/mol. The van der Waals surface area contributed by atoms with Crippen molar-refractivity contribution in [1.82, 2.24) is 4.98 Å². The van der Waals surface area contributed by atoms with Crippen molar-refractivity contribution >= 4 is 25.4 Å². The van der Waals surface area contributed by atoms with Gasteiger partial charge in [0.15, 0.2) is 5.75 Å². The number of hydrogen-bond donors (Lipinski definition) is 0. The molecule has 0 amide bonds. The number of pyridine rings is 1. The van der Waals surface area contributed by atoms with Crippen LogP contribution in [0.3, 0.4) is 0 Å². The van der Waals surface area contributed by atoms with Crippen LogP contribution in [0.25, 0.3) is 0 Å². The molecule has 0 aliphatic heterocycles. The van der Waals surface area contributed by atoms with E-state index in [-0.39, 0.29) is 6.20 Å². The highest BCUT2D eigenvalue weighted by Crippen LogP contribution is 2.42. The maximum atomic E-state index is 12.8. The van der Waals surface area contributed by atoms with E-state index in [4.69, 9.17) is 10.7 Å². The molecule has 0 aliphatic carbocycles. The standard InChI is InChI=1S/C7H2ClF5N2O5S/c8-21(18,19)6-4(15(16)17)3(5(9)10)2(1-14-6)20-7(11,12)13/h1,5H. The molecule has 0 saturated carbocycles. The predicted octanol–water partition coefficient (Wildman–Crippen LogP) is 2.75. The van der Waals surface area contributed by atoms with Crippen LogP contribution in [0.5, 0.6) is 5.75 Å². The van der Waals surface area contributed by atoms with Gasteiger partial charge in [-0.3, -0.25) is 10.1 Å². The minimum Gasteiger partial charge on any atom is -0.403 e. The van der Waals surface area contributed by atoms with Crippen molar-refractivity contribution in [3.8, 4) is 5.75 Å². The van der Waals surface area contributed by atoms with Gasteiger partial charge in [0.2, 0.25) is 5.03 Å². The molecule has 1 rings (SSSR count). The van der Waals surface area contributed by atoms with Gasteiger partial charge in [0.25, 0.3) is 15.5 Å². The topological polar surface area (TPSA) is 99.4 Å². The minimum absolute atomic E-state index is 0.0444. The largest absolute Gasteiger partial charge is 0.573 e. The zero-order valence-electron chi connectivity index (χ0n) is 9.27. The zero-order chi connectivity index (χ0) is 16.6. The molecule has 0 saturated heterocycles. The van der Waals surface area contributed by atoms with Gasteiger partial charge in [0.05, 0.1) is 11.1 Å². The molecule has 7 nitrogen and oxygen atoms in total. The summed E-state index contributed by atoms with van der Waals surface area (Å²) in [6.45, 7) is 0. The Morgan fingerprint density at radius 1 is 1.38 bits per heavy atom. The molecule has 1 heterocycles. The first-order valence-corrected chi connectivity index (χ1v) is 6.81. The Morgan fingerprint density at radius 3 is 2.24 bits per heavy atom. The summed E-state index contributed by atoms with van der Waals surface area (Å²) in [6, 6.07) is 0. The zero-order valence-corrected chi connectivity index (χ0v) is 10.8. The Labute approximate surface area is 116 Å². The van der Waals surface area contributed by atoms with E-state index in [1.807, 2.05) is 0 Å². The van der Waals surface area contributed by atoms with Crippen molar-refractivity contribution in [2.75, 3.05) is 0 Å². The number of ether oxygens (including phenoxy) is 1. The highest BCUT2D eigenvalue weighted by atomic mass is 35.7. The van der Waals surface area contributed by atoms with E-state index in [2.05, 4.69) is 9.72 Å². The van der Waals surface area contributed by atoms with E-state index in [0.29, 0.717) is 0 Å². The quantitative estimate of drug-likeness (QED) is 0.356. The normalized spacial score (nSPS) is 12.5. The smallest absolute Gasteiger partial charge is 0.403 e. The molecule has 14 heteroatoms. The van der Waals surface area contributed by atoms with E-state index in [0.717, 1.165) is 0 Å². The summed E-state index contributed by atoms with van der Waals surface area (Å²) in [5.41, 5.74) is -3.78. The number of alkyl halides is 5. The van der Waals surface area contributed by atoms with E-state index < -0.39 is 48.8 Å². The van der Waals surface area contributed by atoms with Gasteiger partial charge < -0.3 is 4.74 Å². The van der Waals surface area contributed by atoms with E-state index in [1.54, 1.807) is 0 Å². The predicted molar refractivity (Wildman–Crippen MR) is 55.6 cm³/mol. The van der Waals surface area contributed by atoms with Crippen LogP contribution < -0.4 is 4.74 Å². The second-order valence-corrected chi connectivity index (χ2v) is 5.71. The molecule has 118 valence electrons. The third-order valence-electron chi connectivity index (χ3n) is 1.88. The highest BCUT2D eigenvalue weighted by molar-refractivity contribution is 8.13. The number of nitro groups is 1. The summed E-state index contributed by atoms with van der Waals surface area (Å²) in [5, 5.41) is 9.07. The maximum Gasteiger partial charge on any atom is 0.573 e. The molecule has 0 aliphatic rings. The van der Waals surface area contributed by atoms with Gasteiger partial charge in [-0.15, -0.1) is 13.2 Å². The first-order chi connectivity index (χ1) is 9.34. The van der Waals surface area contributed by atoms with Gasteiger partial charge in [-0.05, 0) is 0 Å². The van der Waals surface area contributed by atoms with Gasteiger partial charge in [0.1, 0.15) is 5.56 Å². The lowest BCUT2D eigenvalue weighted by atomic mass is 10.2. The molecule has 1 aromatic heterocycles. The summed E-state index contributed by atoms with van der Waals surface area (Å²) < 4.78 is 86.9. The molecule has 21 heavy (non-hydrogen) atoms. The number of nitrogens with zero attached hydrogens (tertiary/aromatic N) is 2. The van der Waals surface area contributed by atoms with Crippen molar-refractivity contribution in [2.24, 2.45) is 0 Å². The van der Waals surface area contributed by atoms with Crippen LogP contribution in [0.2, 0.25) is 0 Å². The lowest BCUT2D eigenvalue weighted by molar-refractivity contribution is -0.390. The van der Waals surface area contributed by atoms with Gasteiger partial charge in [0, 0.05) is 10.7 Å². The van der Waals surface area contributed by atoms with E-state index in [9.17, 15) is 40.5 Å². The maximum absolute atomic E-state index is 12.8. The van der Waals surface area contributed by atoms with Crippen LogP contribution in [-0.4, -0.2) is 24.7 Å².